The number of rotatable bonds is 8. The van der Waals surface area contributed by atoms with Gasteiger partial charge in [-0.25, -0.2) is 18.1 Å². The summed E-state index contributed by atoms with van der Waals surface area (Å²) in [6.45, 7) is 12.7. The number of aromatic nitrogens is 1. The molecule has 1 heterocycles. The molecule has 2 aromatic carbocycles. The number of nitrogens with one attached hydrogen (secondary N) is 1. The van der Waals surface area contributed by atoms with Crippen molar-refractivity contribution in [3.05, 3.63) is 71.9 Å². The highest BCUT2D eigenvalue weighted by Crippen LogP contribution is 2.36. The van der Waals surface area contributed by atoms with Gasteiger partial charge in [-0.2, -0.15) is 0 Å². The molecule has 0 atom stereocenters. The SMILES string of the molecule is CC(C)(C)NS(=O)(=O)c1cnc(CCO[Si](c2ccccc2)(c2ccccc2)C(C)(C)C)s1. The van der Waals surface area contributed by atoms with Crippen LogP contribution in [0.2, 0.25) is 5.04 Å². The van der Waals surface area contributed by atoms with Crippen molar-refractivity contribution >= 4 is 40.1 Å². The third-order valence-electron chi connectivity index (χ3n) is 5.29. The second-order valence-corrected chi connectivity index (χ2v) is 17.5. The highest BCUT2D eigenvalue weighted by Gasteiger charge is 2.50. The molecule has 33 heavy (non-hydrogen) atoms. The van der Waals surface area contributed by atoms with E-state index in [2.05, 4.69) is 79.0 Å². The van der Waals surface area contributed by atoms with Gasteiger partial charge in [0.1, 0.15) is 0 Å². The summed E-state index contributed by atoms with van der Waals surface area (Å²) in [6, 6.07) is 21.0. The normalized spacial score (nSPS) is 13.3. The van der Waals surface area contributed by atoms with Crippen molar-refractivity contribution in [3.63, 3.8) is 0 Å². The van der Waals surface area contributed by atoms with Crippen molar-refractivity contribution in [1.29, 1.82) is 0 Å². The van der Waals surface area contributed by atoms with Crippen molar-refractivity contribution in [1.82, 2.24) is 9.71 Å². The molecule has 178 valence electrons. The predicted octanol–water partition coefficient (Wildman–Crippen LogP) is 4.34. The third kappa shape index (κ3) is 5.99. The number of benzene rings is 2. The van der Waals surface area contributed by atoms with Gasteiger partial charge >= 0.3 is 0 Å². The third-order valence-corrected chi connectivity index (χ3v) is 13.6. The van der Waals surface area contributed by atoms with Crippen LogP contribution < -0.4 is 15.1 Å². The van der Waals surface area contributed by atoms with E-state index in [0.717, 1.165) is 5.01 Å². The molecule has 0 saturated carbocycles. The maximum absolute atomic E-state index is 12.6. The van der Waals surface area contributed by atoms with Crippen LogP contribution in [0.4, 0.5) is 0 Å². The molecular formula is C25H34N2O3S2Si. The summed E-state index contributed by atoms with van der Waals surface area (Å²) >= 11 is 1.20. The van der Waals surface area contributed by atoms with E-state index >= 15 is 0 Å². The Bertz CT molecular complexity index is 1110. The molecule has 0 aliphatic heterocycles. The van der Waals surface area contributed by atoms with Crippen molar-refractivity contribution in [2.75, 3.05) is 6.61 Å². The molecule has 0 aliphatic rings. The van der Waals surface area contributed by atoms with Crippen LogP contribution in [-0.4, -0.2) is 33.9 Å². The maximum Gasteiger partial charge on any atom is 0.261 e. The van der Waals surface area contributed by atoms with E-state index < -0.39 is 23.9 Å². The molecule has 3 rings (SSSR count). The van der Waals surface area contributed by atoms with Gasteiger partial charge in [0, 0.05) is 18.6 Å². The molecule has 0 unspecified atom stereocenters. The zero-order valence-corrected chi connectivity index (χ0v) is 22.9. The van der Waals surface area contributed by atoms with E-state index in [-0.39, 0.29) is 9.25 Å². The Kier molecular flexibility index (Phi) is 7.65. The lowest BCUT2D eigenvalue weighted by Crippen LogP contribution is -2.66. The summed E-state index contributed by atoms with van der Waals surface area (Å²) in [5, 5.41) is 3.09. The number of thiazole rings is 1. The first-order valence-corrected chi connectivity index (χ1v) is 15.3. The molecule has 0 radical (unpaired) electrons. The molecule has 5 nitrogen and oxygen atoms in total. The fraction of sp³-hybridized carbons (Fsp3) is 0.400. The zero-order valence-electron chi connectivity index (χ0n) is 20.3. The van der Waals surface area contributed by atoms with Gasteiger partial charge in [0.05, 0.1) is 11.2 Å². The lowest BCUT2D eigenvalue weighted by Gasteiger charge is -2.43. The van der Waals surface area contributed by atoms with Gasteiger partial charge in [0.25, 0.3) is 18.3 Å². The van der Waals surface area contributed by atoms with Gasteiger partial charge < -0.3 is 4.43 Å². The molecule has 0 bridgehead atoms. The molecule has 0 fully saturated rings. The fourth-order valence-corrected chi connectivity index (χ4v) is 11.2. The van der Waals surface area contributed by atoms with Gasteiger partial charge in [0.2, 0.25) is 0 Å². The largest absolute Gasteiger partial charge is 0.407 e. The van der Waals surface area contributed by atoms with Gasteiger partial charge in [-0.3, -0.25) is 0 Å². The smallest absolute Gasteiger partial charge is 0.261 e. The van der Waals surface area contributed by atoms with E-state index in [1.54, 1.807) is 0 Å². The predicted molar refractivity (Wildman–Crippen MR) is 139 cm³/mol. The van der Waals surface area contributed by atoms with Crippen molar-refractivity contribution in [2.45, 2.75) is 62.7 Å². The van der Waals surface area contributed by atoms with Crippen LogP contribution in [0.5, 0.6) is 0 Å². The van der Waals surface area contributed by atoms with Gasteiger partial charge in [-0.1, -0.05) is 81.4 Å². The molecule has 0 aliphatic carbocycles. The second kappa shape index (κ2) is 9.80. The zero-order chi connectivity index (χ0) is 24.3. The lowest BCUT2D eigenvalue weighted by molar-refractivity contribution is 0.301. The van der Waals surface area contributed by atoms with Crippen LogP contribution in [-0.2, 0) is 20.9 Å². The Labute approximate surface area is 203 Å². The average molecular weight is 503 g/mol. The van der Waals surface area contributed by atoms with Gasteiger partial charge in [0.15, 0.2) is 4.21 Å². The number of hydrogen-bond donors (Lipinski definition) is 1. The summed E-state index contributed by atoms with van der Waals surface area (Å²) < 4.78 is 35.1. The maximum atomic E-state index is 12.6. The van der Waals surface area contributed by atoms with Crippen molar-refractivity contribution < 1.29 is 12.8 Å². The first kappa shape index (κ1) is 25.8. The second-order valence-electron chi connectivity index (χ2n) is 10.2. The van der Waals surface area contributed by atoms with E-state index in [0.29, 0.717) is 13.0 Å². The van der Waals surface area contributed by atoms with Crippen LogP contribution >= 0.6 is 11.3 Å². The van der Waals surface area contributed by atoms with Crippen LogP contribution in [0.15, 0.2) is 71.1 Å². The highest BCUT2D eigenvalue weighted by atomic mass is 32.2. The lowest BCUT2D eigenvalue weighted by atomic mass is 10.1. The molecule has 3 aromatic rings. The molecular weight excluding hydrogens is 469 g/mol. The molecule has 8 heteroatoms. The van der Waals surface area contributed by atoms with E-state index in [4.69, 9.17) is 4.43 Å². The highest BCUT2D eigenvalue weighted by molar-refractivity contribution is 7.91. The Morgan fingerprint density at radius 1 is 0.909 bits per heavy atom. The van der Waals surface area contributed by atoms with Crippen LogP contribution in [0, 0.1) is 0 Å². The van der Waals surface area contributed by atoms with Crippen molar-refractivity contribution in [2.24, 2.45) is 0 Å². The number of sulfonamides is 1. The summed E-state index contributed by atoms with van der Waals surface area (Å²) in [7, 11) is -6.20. The molecule has 1 N–H and O–H groups in total. The van der Waals surface area contributed by atoms with Crippen LogP contribution in [0.25, 0.3) is 0 Å². The average Bonchev–Trinajstić information content (AvgIpc) is 3.20. The van der Waals surface area contributed by atoms with Crippen molar-refractivity contribution in [3.8, 4) is 0 Å². The summed E-state index contributed by atoms with van der Waals surface area (Å²) in [5.74, 6) is 0. The standard InChI is InChI=1S/C25H34N2O3S2Si/c1-24(2,3)27-32(28,29)23-19-26-22(31-23)17-18-30-33(25(4,5)6,20-13-9-7-10-14-20)21-15-11-8-12-16-21/h7-16,19,27H,17-18H2,1-6H3. The Hall–Kier alpha value is -1.84. The topological polar surface area (TPSA) is 68.3 Å². The Balaban J connectivity index is 1.87. The minimum Gasteiger partial charge on any atom is -0.407 e. The van der Waals surface area contributed by atoms with Gasteiger partial charge in [-0.15, -0.1) is 11.3 Å². The minimum absolute atomic E-state index is 0.107. The van der Waals surface area contributed by atoms with E-state index in [1.165, 1.54) is 27.9 Å². The first-order chi connectivity index (χ1) is 15.4. The first-order valence-electron chi connectivity index (χ1n) is 11.1. The van der Waals surface area contributed by atoms with E-state index in [1.807, 2.05) is 32.9 Å². The van der Waals surface area contributed by atoms with Gasteiger partial charge in [-0.05, 0) is 36.2 Å². The Morgan fingerprint density at radius 2 is 1.42 bits per heavy atom. The monoisotopic (exact) mass is 502 g/mol. The summed E-state index contributed by atoms with van der Waals surface area (Å²) in [4.78, 5) is 4.37. The van der Waals surface area contributed by atoms with E-state index in [9.17, 15) is 8.42 Å². The molecule has 1 aromatic heterocycles. The Morgan fingerprint density at radius 3 is 1.88 bits per heavy atom. The number of hydrogen-bond acceptors (Lipinski definition) is 5. The van der Waals surface area contributed by atoms with Crippen LogP contribution in [0.1, 0.15) is 46.6 Å². The summed E-state index contributed by atoms with van der Waals surface area (Å²) in [6.07, 6.45) is 2.00. The summed E-state index contributed by atoms with van der Waals surface area (Å²) in [5.41, 5.74) is -0.546. The minimum atomic E-state index is -3.59. The quantitative estimate of drug-likeness (QED) is 0.465. The fourth-order valence-electron chi connectivity index (χ4n) is 4.04. The molecule has 0 spiro atoms. The number of nitrogens with zero attached hydrogens (tertiary/aromatic N) is 1. The molecule has 0 saturated heterocycles. The van der Waals surface area contributed by atoms with Crippen LogP contribution in [0.3, 0.4) is 0 Å². The molecule has 0 amide bonds.